The van der Waals surface area contributed by atoms with Gasteiger partial charge in [0.15, 0.2) is 5.82 Å². The minimum Gasteiger partial charge on any atom is -0.476 e. The zero-order valence-electron chi connectivity index (χ0n) is 25.6. The molecule has 0 saturated carbocycles. The van der Waals surface area contributed by atoms with Gasteiger partial charge in [0, 0.05) is 55.3 Å². The third kappa shape index (κ3) is 5.67. The van der Waals surface area contributed by atoms with Crippen LogP contribution in [0.4, 0.5) is 8.78 Å². The first-order valence-electron chi connectivity index (χ1n) is 13.6. The number of ether oxygens (including phenoxy) is 1. The summed E-state index contributed by atoms with van der Waals surface area (Å²) in [5.74, 6) is -2.40. The first kappa shape index (κ1) is 31.2. The first-order chi connectivity index (χ1) is 18.8. The third-order valence-electron chi connectivity index (χ3n) is 8.29. The Labute approximate surface area is 246 Å². The van der Waals surface area contributed by atoms with Gasteiger partial charge in [0.2, 0.25) is 11.8 Å². The summed E-state index contributed by atoms with van der Waals surface area (Å²) in [7, 11) is 3.22. The Morgan fingerprint density at radius 1 is 1.22 bits per heavy atom. The molecule has 0 N–H and O–H groups in total. The molecule has 13 heteroatoms. The molecule has 1 saturated heterocycles. The Morgan fingerprint density at radius 3 is 2.46 bits per heavy atom. The average Bonchev–Trinajstić information content (AvgIpc) is 3.41. The number of hydrogen-bond donors (Lipinski definition) is 0. The van der Waals surface area contributed by atoms with Crippen molar-refractivity contribution in [2.45, 2.75) is 72.2 Å². The van der Waals surface area contributed by atoms with Crippen LogP contribution < -0.4 is 10.3 Å². The maximum absolute atomic E-state index is 13.9. The Bertz CT molecular complexity index is 1390. The molecule has 2 aromatic heterocycles. The molecule has 4 heterocycles. The van der Waals surface area contributed by atoms with Crippen LogP contribution in [-0.4, -0.2) is 75.7 Å². The molecule has 0 unspecified atom stereocenters. The van der Waals surface area contributed by atoms with Gasteiger partial charge in [-0.2, -0.15) is 0 Å². The molecule has 0 atom stereocenters. The van der Waals surface area contributed by atoms with E-state index in [1.807, 2.05) is 46.0 Å². The average molecular weight is 585 g/mol. The van der Waals surface area contributed by atoms with Crippen molar-refractivity contribution >= 4 is 36.3 Å². The molecule has 1 amide bonds. The van der Waals surface area contributed by atoms with Crippen molar-refractivity contribution in [2.75, 3.05) is 20.7 Å². The van der Waals surface area contributed by atoms with Crippen LogP contribution in [0.2, 0.25) is 5.31 Å². The van der Waals surface area contributed by atoms with E-state index < -0.39 is 29.3 Å². The summed E-state index contributed by atoms with van der Waals surface area (Å²) in [6.45, 7) is 18.0. The van der Waals surface area contributed by atoms with Crippen molar-refractivity contribution in [3.63, 3.8) is 0 Å². The van der Waals surface area contributed by atoms with E-state index >= 15 is 0 Å². The minimum atomic E-state index is -2.92. The Hall–Kier alpha value is -2.79. The minimum absolute atomic E-state index is 0.150. The van der Waals surface area contributed by atoms with E-state index in [-0.39, 0.29) is 24.5 Å². The molecule has 4 rings (SSSR count). The molecule has 0 aromatic carbocycles. The molecule has 0 aliphatic carbocycles. The van der Waals surface area contributed by atoms with Crippen molar-refractivity contribution in [1.29, 1.82) is 0 Å². The van der Waals surface area contributed by atoms with Gasteiger partial charge in [0.25, 0.3) is 5.92 Å². The molecule has 2 aromatic rings. The number of amides is 1. The van der Waals surface area contributed by atoms with Crippen LogP contribution in [0, 0.1) is 5.41 Å². The number of carbonyl (C=O) groups excluding carboxylic acids is 1. The Morgan fingerprint density at radius 2 is 1.88 bits per heavy atom. The van der Waals surface area contributed by atoms with Gasteiger partial charge in [-0.1, -0.05) is 34.3 Å². The highest BCUT2D eigenvalue weighted by atomic mass is 32.2. The van der Waals surface area contributed by atoms with Gasteiger partial charge in [-0.15, -0.1) is 16.7 Å². The number of hydrogen-bond acceptors (Lipinski definition) is 7. The lowest BCUT2D eigenvalue weighted by molar-refractivity contribution is -0.106. The lowest BCUT2D eigenvalue weighted by Crippen LogP contribution is -2.68. The lowest BCUT2D eigenvalue weighted by Gasteiger charge is -2.54. The number of pyridine rings is 1. The fourth-order valence-corrected chi connectivity index (χ4v) is 6.06. The van der Waals surface area contributed by atoms with Crippen molar-refractivity contribution in [2.24, 2.45) is 5.41 Å². The number of aromatic nitrogens is 3. The van der Waals surface area contributed by atoms with E-state index in [2.05, 4.69) is 25.5 Å². The van der Waals surface area contributed by atoms with Crippen LogP contribution in [0.15, 0.2) is 47.7 Å². The van der Waals surface area contributed by atoms with Crippen LogP contribution in [0.25, 0.3) is 5.82 Å². The number of nitrogens with zero attached hydrogens (tertiary/aromatic N) is 5. The maximum atomic E-state index is 13.9. The van der Waals surface area contributed by atoms with Gasteiger partial charge in [0.1, 0.15) is 6.61 Å². The summed E-state index contributed by atoms with van der Waals surface area (Å²) >= 11 is 1.60. The smallest absolute Gasteiger partial charge is 0.463 e. The Kier molecular flexibility index (Phi) is 7.97. The lowest BCUT2D eigenvalue weighted by atomic mass is 9.46. The second kappa shape index (κ2) is 10.5. The molecule has 2 aliphatic heterocycles. The molecule has 0 spiro atoms. The largest absolute Gasteiger partial charge is 0.476 e. The van der Waals surface area contributed by atoms with Gasteiger partial charge >= 0.3 is 13.2 Å². The zero-order chi connectivity index (χ0) is 30.7. The van der Waals surface area contributed by atoms with E-state index in [4.69, 9.17) is 14.4 Å². The van der Waals surface area contributed by atoms with Crippen molar-refractivity contribution in [3.8, 4) is 11.7 Å². The van der Waals surface area contributed by atoms with Crippen molar-refractivity contribution in [3.05, 3.63) is 53.2 Å². The molecular weight excluding hydrogens is 546 g/mol. The first-order valence-corrected chi connectivity index (χ1v) is 14.4. The zero-order valence-corrected chi connectivity index (χ0v) is 26.4. The predicted molar refractivity (Wildman–Crippen MR) is 162 cm³/mol. The Balaban J connectivity index is 1.67. The number of halogens is 2. The van der Waals surface area contributed by atoms with Crippen molar-refractivity contribution < 1.29 is 23.0 Å². The van der Waals surface area contributed by atoms with Gasteiger partial charge in [-0.3, -0.25) is 4.79 Å². The van der Waals surface area contributed by atoms with Crippen LogP contribution in [0.3, 0.4) is 0 Å². The number of rotatable bonds is 9. The molecular formula is C28H39B2F2N5O3S. The highest BCUT2D eigenvalue weighted by Gasteiger charge is 2.63. The summed E-state index contributed by atoms with van der Waals surface area (Å²) in [5, 5.41) is 3.95. The van der Waals surface area contributed by atoms with E-state index in [1.165, 1.54) is 18.5 Å². The van der Waals surface area contributed by atoms with E-state index in [0.29, 0.717) is 17.0 Å². The molecule has 41 heavy (non-hydrogen) atoms. The molecule has 2 aliphatic rings. The number of allylic oxidation sites excluding steroid dienone is 1. The summed E-state index contributed by atoms with van der Waals surface area (Å²) in [6.07, 6.45) is 3.40. The van der Waals surface area contributed by atoms with Gasteiger partial charge in [0.05, 0.1) is 16.6 Å². The molecule has 8 nitrogen and oxygen atoms in total. The molecule has 220 valence electrons. The highest BCUT2D eigenvalue weighted by molar-refractivity contribution is 8.28. The quantitative estimate of drug-likeness (QED) is 0.294. The third-order valence-corrected chi connectivity index (χ3v) is 10.0. The highest BCUT2D eigenvalue weighted by Crippen LogP contribution is 2.54. The van der Waals surface area contributed by atoms with Gasteiger partial charge < -0.3 is 19.0 Å². The van der Waals surface area contributed by atoms with Gasteiger partial charge in [-0.25, -0.2) is 18.4 Å². The van der Waals surface area contributed by atoms with E-state index in [0.717, 1.165) is 17.4 Å². The van der Waals surface area contributed by atoms with E-state index in [9.17, 15) is 13.6 Å². The second-order valence-corrected chi connectivity index (χ2v) is 14.0. The van der Waals surface area contributed by atoms with E-state index in [1.54, 1.807) is 40.7 Å². The second-order valence-electron chi connectivity index (χ2n) is 12.9. The summed E-state index contributed by atoms with van der Waals surface area (Å²) < 4.78 is 43.3. The predicted octanol–water partition coefficient (Wildman–Crippen LogP) is 5.27. The summed E-state index contributed by atoms with van der Waals surface area (Å²) in [4.78, 5) is 21.6. The molecule has 0 radical (unpaired) electrons. The fraction of sp³-hybridized carbons (Fsp3) is 0.536. The number of fused-ring (bicyclic) bond motifs is 3. The van der Waals surface area contributed by atoms with Gasteiger partial charge in [-0.05, 0) is 38.5 Å². The molecule has 1 fully saturated rings. The standard InChI is InChI=1S/C28H39B2F2N5O3S/c1-18(2)20(16-35(10)11)41-30-26(5,6)27(7,8)40-29-23-19(24(38)37(29)30)12-13-21(33-23)36-15-14-22(34-36)39-17-25(3,4)28(9,31)32/h12-16H,1,17H2,2-11H3/b20-16+. The van der Waals surface area contributed by atoms with Crippen LogP contribution in [0.1, 0.15) is 65.7 Å². The van der Waals surface area contributed by atoms with Crippen LogP contribution in [-0.2, 0) is 4.65 Å². The molecule has 0 bridgehead atoms. The number of alkyl halides is 2. The fourth-order valence-electron chi connectivity index (χ4n) is 4.45. The van der Waals surface area contributed by atoms with Crippen LogP contribution >= 0.6 is 11.6 Å². The summed E-state index contributed by atoms with van der Waals surface area (Å²) in [5.41, 5.74) is -0.0784. The normalized spacial score (nSPS) is 18.4. The SMILES string of the molecule is C=C(C)/C(=C\N(C)C)SB1N2B(OC(C)(C)C1(C)C)c1nc(-n3ccc(OCC(C)(C)C(C)(F)F)n3)ccc1C2=O. The topological polar surface area (TPSA) is 72.7 Å². The monoisotopic (exact) mass is 585 g/mol. The van der Waals surface area contributed by atoms with Crippen molar-refractivity contribution in [1.82, 2.24) is 24.4 Å². The van der Waals surface area contributed by atoms with Crippen LogP contribution in [0.5, 0.6) is 5.88 Å². The maximum Gasteiger partial charge on any atom is 0.463 e. The summed E-state index contributed by atoms with van der Waals surface area (Å²) in [6, 6.07) is 5.05. The number of carbonyl (C=O) groups is 1.